The number of carboxylic acid groups (broad SMARTS) is 1. The van der Waals surface area contributed by atoms with Crippen molar-refractivity contribution in [2.75, 3.05) is 18.8 Å². The average molecular weight is 283 g/mol. The van der Waals surface area contributed by atoms with Gasteiger partial charge in [-0.3, -0.25) is 9.59 Å². The number of hydrogen-bond donors (Lipinski definition) is 2. The Bertz CT molecular complexity index is 512. The molecule has 0 saturated carbocycles. The second kappa shape index (κ2) is 5.09. The lowest BCUT2D eigenvalue weighted by atomic mass is 9.99. The van der Waals surface area contributed by atoms with Gasteiger partial charge < -0.3 is 15.7 Å². The number of aliphatic carboxylic acids is 1. The predicted octanol–water partition coefficient (Wildman–Crippen LogP) is 1.71. The van der Waals surface area contributed by atoms with Gasteiger partial charge in [-0.05, 0) is 24.1 Å². The smallest absolute Gasteiger partial charge is 0.308 e. The van der Waals surface area contributed by atoms with Crippen molar-refractivity contribution in [2.24, 2.45) is 11.8 Å². The minimum atomic E-state index is -0.867. The Morgan fingerprint density at radius 1 is 1.37 bits per heavy atom. The predicted molar refractivity (Wildman–Crippen MR) is 72.1 cm³/mol. The number of carbonyl (C=O) groups excluding carboxylic acids is 1. The van der Waals surface area contributed by atoms with Crippen LogP contribution in [0.3, 0.4) is 0 Å². The van der Waals surface area contributed by atoms with E-state index in [0.717, 1.165) is 0 Å². The minimum absolute atomic E-state index is 0.0574. The van der Waals surface area contributed by atoms with Gasteiger partial charge in [-0.25, -0.2) is 0 Å². The Labute approximate surface area is 116 Å². The number of nitrogen functional groups attached to an aromatic ring is 1. The van der Waals surface area contributed by atoms with Crippen molar-refractivity contribution in [1.29, 1.82) is 0 Å². The van der Waals surface area contributed by atoms with E-state index < -0.39 is 11.9 Å². The highest BCUT2D eigenvalue weighted by Gasteiger charge is 2.37. The summed E-state index contributed by atoms with van der Waals surface area (Å²) < 4.78 is 0. The summed E-state index contributed by atoms with van der Waals surface area (Å²) in [5.41, 5.74) is 6.46. The van der Waals surface area contributed by atoms with Crippen molar-refractivity contribution in [2.45, 2.75) is 6.92 Å². The lowest BCUT2D eigenvalue weighted by Crippen LogP contribution is -2.30. The van der Waals surface area contributed by atoms with Crippen LogP contribution in [0.4, 0.5) is 5.69 Å². The van der Waals surface area contributed by atoms with Gasteiger partial charge in [0.2, 0.25) is 0 Å². The molecule has 1 aliphatic rings. The third-order valence-electron chi connectivity index (χ3n) is 3.38. The van der Waals surface area contributed by atoms with Crippen LogP contribution in [0.5, 0.6) is 0 Å². The average Bonchev–Trinajstić information content (AvgIpc) is 2.69. The van der Waals surface area contributed by atoms with E-state index in [2.05, 4.69) is 0 Å². The van der Waals surface area contributed by atoms with Gasteiger partial charge in [0.15, 0.2) is 0 Å². The second-order valence-electron chi connectivity index (χ2n) is 4.91. The number of amides is 1. The number of hydrogen-bond acceptors (Lipinski definition) is 3. The zero-order chi connectivity index (χ0) is 14.2. The van der Waals surface area contributed by atoms with E-state index >= 15 is 0 Å². The summed E-state index contributed by atoms with van der Waals surface area (Å²) in [6, 6.07) is 4.65. The fourth-order valence-corrected chi connectivity index (χ4v) is 2.62. The Kier molecular flexibility index (Phi) is 3.66. The highest BCUT2D eigenvalue weighted by atomic mass is 35.5. The summed E-state index contributed by atoms with van der Waals surface area (Å²) in [5, 5.41) is 9.46. The molecule has 0 unspecified atom stereocenters. The zero-order valence-corrected chi connectivity index (χ0v) is 11.2. The Morgan fingerprint density at radius 2 is 2.05 bits per heavy atom. The number of carboxylic acids is 1. The van der Waals surface area contributed by atoms with E-state index in [1.807, 2.05) is 6.92 Å². The van der Waals surface area contributed by atoms with Crippen molar-refractivity contribution in [3.63, 3.8) is 0 Å². The molecule has 6 heteroatoms. The molecule has 3 N–H and O–H groups in total. The number of halogens is 1. The van der Waals surface area contributed by atoms with Crippen LogP contribution in [0.2, 0.25) is 5.02 Å². The van der Waals surface area contributed by atoms with Gasteiger partial charge in [-0.2, -0.15) is 0 Å². The summed E-state index contributed by atoms with van der Waals surface area (Å²) in [7, 11) is 0. The second-order valence-corrected chi connectivity index (χ2v) is 5.34. The Morgan fingerprint density at radius 3 is 2.58 bits per heavy atom. The van der Waals surface area contributed by atoms with Gasteiger partial charge in [0.05, 0.1) is 5.92 Å². The molecule has 1 aromatic carbocycles. The fourth-order valence-electron chi connectivity index (χ4n) is 2.37. The third kappa shape index (κ3) is 2.81. The van der Waals surface area contributed by atoms with Gasteiger partial charge in [-0.15, -0.1) is 0 Å². The molecule has 0 bridgehead atoms. The van der Waals surface area contributed by atoms with E-state index in [9.17, 15) is 9.59 Å². The number of carbonyl (C=O) groups is 2. The minimum Gasteiger partial charge on any atom is -0.481 e. The maximum atomic E-state index is 12.3. The largest absolute Gasteiger partial charge is 0.481 e. The van der Waals surface area contributed by atoms with Crippen molar-refractivity contribution in [3.8, 4) is 0 Å². The van der Waals surface area contributed by atoms with Gasteiger partial charge in [0, 0.05) is 29.4 Å². The molecule has 1 saturated heterocycles. The molecule has 1 fully saturated rings. The van der Waals surface area contributed by atoms with Crippen molar-refractivity contribution in [1.82, 2.24) is 4.90 Å². The first kappa shape index (κ1) is 13.7. The van der Waals surface area contributed by atoms with Crippen molar-refractivity contribution >= 4 is 29.2 Å². The van der Waals surface area contributed by atoms with Crippen molar-refractivity contribution in [3.05, 3.63) is 28.8 Å². The summed E-state index contributed by atoms with van der Waals surface area (Å²) in [5.74, 6) is -1.67. The summed E-state index contributed by atoms with van der Waals surface area (Å²) >= 11 is 5.86. The zero-order valence-electron chi connectivity index (χ0n) is 10.5. The number of nitrogens with two attached hydrogens (primary N) is 1. The number of nitrogens with zero attached hydrogens (tertiary/aromatic N) is 1. The normalized spacial score (nSPS) is 22.5. The van der Waals surface area contributed by atoms with E-state index in [1.165, 1.54) is 4.90 Å². The molecule has 2 atom stereocenters. The van der Waals surface area contributed by atoms with Crippen molar-refractivity contribution < 1.29 is 14.7 Å². The highest BCUT2D eigenvalue weighted by molar-refractivity contribution is 6.31. The molecule has 0 radical (unpaired) electrons. The van der Waals surface area contributed by atoms with Crippen LogP contribution in [0, 0.1) is 11.8 Å². The maximum Gasteiger partial charge on any atom is 0.308 e. The van der Waals surface area contributed by atoms with Crippen LogP contribution < -0.4 is 5.73 Å². The Balaban J connectivity index is 2.19. The van der Waals surface area contributed by atoms with E-state index in [4.69, 9.17) is 22.4 Å². The molecule has 2 rings (SSSR count). The third-order valence-corrected chi connectivity index (χ3v) is 3.60. The van der Waals surface area contributed by atoms with Gasteiger partial charge in [0.1, 0.15) is 0 Å². The molecule has 1 aromatic rings. The molecule has 1 aliphatic heterocycles. The summed E-state index contributed by atoms with van der Waals surface area (Å²) in [6.07, 6.45) is 0. The Hall–Kier alpha value is -1.75. The van der Waals surface area contributed by atoms with E-state index in [1.54, 1.807) is 18.2 Å². The number of benzene rings is 1. The van der Waals surface area contributed by atoms with Crippen LogP contribution in [0.25, 0.3) is 0 Å². The molecular formula is C13H15ClN2O3. The van der Waals surface area contributed by atoms with Gasteiger partial charge in [-0.1, -0.05) is 18.5 Å². The van der Waals surface area contributed by atoms with Crippen LogP contribution >= 0.6 is 11.6 Å². The SMILES string of the molecule is C[C@@H]1CN(C(=O)c2cc(N)cc(Cl)c2)C[C@H]1C(=O)O. The van der Waals surface area contributed by atoms with Crippen LogP contribution in [0.1, 0.15) is 17.3 Å². The molecular weight excluding hydrogens is 268 g/mol. The monoisotopic (exact) mass is 282 g/mol. The maximum absolute atomic E-state index is 12.3. The standard InChI is InChI=1S/C13H15ClN2O3/c1-7-5-16(6-11(7)13(18)19)12(17)8-2-9(14)4-10(15)3-8/h2-4,7,11H,5-6,15H2,1H3,(H,18,19)/t7-,11-/m1/s1. The van der Waals surface area contributed by atoms with E-state index in [0.29, 0.717) is 22.8 Å². The first-order valence-corrected chi connectivity index (χ1v) is 6.34. The first-order chi connectivity index (χ1) is 8.88. The van der Waals surface area contributed by atoms with Crippen LogP contribution in [-0.4, -0.2) is 35.0 Å². The number of likely N-dealkylation sites (tertiary alicyclic amines) is 1. The molecule has 0 aliphatic carbocycles. The molecule has 0 spiro atoms. The molecule has 102 valence electrons. The molecule has 1 heterocycles. The first-order valence-electron chi connectivity index (χ1n) is 5.96. The fraction of sp³-hybridized carbons (Fsp3) is 0.385. The summed E-state index contributed by atoms with van der Waals surface area (Å²) in [4.78, 5) is 24.9. The number of anilines is 1. The quantitative estimate of drug-likeness (QED) is 0.809. The number of rotatable bonds is 2. The topological polar surface area (TPSA) is 83.6 Å². The lowest BCUT2D eigenvalue weighted by Gasteiger charge is -2.16. The van der Waals surface area contributed by atoms with Crippen LogP contribution in [-0.2, 0) is 4.79 Å². The molecule has 19 heavy (non-hydrogen) atoms. The molecule has 0 aromatic heterocycles. The molecule has 1 amide bonds. The van der Waals surface area contributed by atoms with Gasteiger partial charge in [0.25, 0.3) is 5.91 Å². The highest BCUT2D eigenvalue weighted by Crippen LogP contribution is 2.26. The molecule has 5 nitrogen and oxygen atoms in total. The summed E-state index contributed by atoms with van der Waals surface area (Å²) in [6.45, 7) is 2.49. The van der Waals surface area contributed by atoms with E-state index in [-0.39, 0.29) is 18.4 Å². The lowest BCUT2D eigenvalue weighted by molar-refractivity contribution is -0.142. The van der Waals surface area contributed by atoms with Gasteiger partial charge >= 0.3 is 5.97 Å². The van der Waals surface area contributed by atoms with Crippen LogP contribution in [0.15, 0.2) is 18.2 Å².